The second-order valence-electron chi connectivity index (χ2n) is 6.06. The van der Waals surface area contributed by atoms with Gasteiger partial charge in [-0.15, -0.1) is 0 Å². The minimum absolute atomic E-state index is 0.0337. The molecule has 4 N–H and O–H groups in total. The van der Waals surface area contributed by atoms with Gasteiger partial charge in [0.2, 0.25) is 0 Å². The van der Waals surface area contributed by atoms with Crippen molar-refractivity contribution >= 4 is 11.7 Å². The Labute approximate surface area is 126 Å². The summed E-state index contributed by atoms with van der Waals surface area (Å²) >= 11 is 0. The molecule has 1 aromatic heterocycles. The summed E-state index contributed by atoms with van der Waals surface area (Å²) in [7, 11) is 0. The molecule has 2 rings (SSSR count). The Balaban J connectivity index is 2.02. The van der Waals surface area contributed by atoms with Crippen molar-refractivity contribution in [3.63, 3.8) is 0 Å². The number of nitrogens with two attached hydrogens (primary N) is 1. The molecule has 116 valence electrons. The van der Waals surface area contributed by atoms with Gasteiger partial charge in [-0.05, 0) is 43.2 Å². The summed E-state index contributed by atoms with van der Waals surface area (Å²) in [5.74, 6) is 5.94. The first kappa shape index (κ1) is 15.8. The van der Waals surface area contributed by atoms with Gasteiger partial charge in [0.15, 0.2) is 0 Å². The Morgan fingerprint density at radius 2 is 2.10 bits per heavy atom. The molecule has 0 spiro atoms. The highest BCUT2D eigenvalue weighted by molar-refractivity contribution is 5.95. The molecule has 0 aromatic carbocycles. The third-order valence-electron chi connectivity index (χ3n) is 4.16. The number of carbonyl (C=O) groups excluding carboxylic acids is 1. The van der Waals surface area contributed by atoms with Gasteiger partial charge in [-0.2, -0.15) is 0 Å². The average Bonchev–Trinajstić information content (AvgIpc) is 3.25. The molecule has 0 radical (unpaired) electrons. The number of aryl methyl sites for hydroxylation is 1. The Hall–Kier alpha value is -1.62. The molecule has 1 heterocycles. The maximum Gasteiger partial charge on any atom is 0.251 e. The molecule has 5 nitrogen and oxygen atoms in total. The first-order valence-corrected chi connectivity index (χ1v) is 7.88. The lowest BCUT2D eigenvalue weighted by molar-refractivity contribution is 0.0943. The number of amides is 1. The van der Waals surface area contributed by atoms with Gasteiger partial charge in [-0.3, -0.25) is 4.79 Å². The molecule has 1 aromatic rings. The Morgan fingerprint density at radius 3 is 2.67 bits per heavy atom. The van der Waals surface area contributed by atoms with Gasteiger partial charge in [0.25, 0.3) is 5.91 Å². The number of nitrogens with zero attached hydrogens (tertiary/aromatic N) is 1. The molecule has 0 unspecified atom stereocenters. The van der Waals surface area contributed by atoms with Crippen LogP contribution in [0.4, 0.5) is 5.82 Å². The number of pyridine rings is 1. The first-order chi connectivity index (χ1) is 10.1. The van der Waals surface area contributed by atoms with Crippen LogP contribution < -0.4 is 16.6 Å². The van der Waals surface area contributed by atoms with Crippen LogP contribution in [0.25, 0.3) is 0 Å². The minimum atomic E-state index is -0.0337. The van der Waals surface area contributed by atoms with Gasteiger partial charge in [-0.25, -0.2) is 10.8 Å². The van der Waals surface area contributed by atoms with Crippen molar-refractivity contribution in [2.45, 2.75) is 52.4 Å². The third-order valence-corrected chi connectivity index (χ3v) is 4.16. The SMILES string of the molecule is CCCc1cc(C(=O)NCC2(CCC)CC2)cc(NN)n1. The second-order valence-corrected chi connectivity index (χ2v) is 6.06. The minimum Gasteiger partial charge on any atom is -0.351 e. The zero-order chi connectivity index (χ0) is 15.3. The summed E-state index contributed by atoms with van der Waals surface area (Å²) in [6.45, 7) is 5.06. The predicted octanol–water partition coefficient (Wildman–Crippen LogP) is 2.63. The van der Waals surface area contributed by atoms with E-state index in [0.29, 0.717) is 16.8 Å². The van der Waals surface area contributed by atoms with Gasteiger partial charge in [0.05, 0.1) is 0 Å². The standard InChI is InChI=1S/C16H26N4O/c1-3-5-13-9-12(10-14(19-13)20-17)15(21)18-11-16(6-4-2)7-8-16/h9-10H,3-8,11,17H2,1-2H3,(H,18,21)(H,19,20). The molecule has 1 aliphatic carbocycles. The van der Waals surface area contributed by atoms with Gasteiger partial charge in [0.1, 0.15) is 5.82 Å². The highest BCUT2D eigenvalue weighted by Gasteiger charge is 2.41. The smallest absolute Gasteiger partial charge is 0.251 e. The summed E-state index contributed by atoms with van der Waals surface area (Å²) in [5, 5.41) is 3.07. The highest BCUT2D eigenvalue weighted by Crippen LogP contribution is 2.48. The van der Waals surface area contributed by atoms with E-state index in [-0.39, 0.29) is 5.91 Å². The Morgan fingerprint density at radius 1 is 1.33 bits per heavy atom. The van der Waals surface area contributed by atoms with E-state index in [4.69, 9.17) is 5.84 Å². The fourth-order valence-corrected chi connectivity index (χ4v) is 2.77. The molecule has 0 saturated heterocycles. The normalized spacial score (nSPS) is 15.6. The van der Waals surface area contributed by atoms with E-state index in [1.165, 1.54) is 25.7 Å². The number of hydrazine groups is 1. The lowest BCUT2D eigenvalue weighted by Crippen LogP contribution is -2.30. The molecule has 1 aliphatic rings. The van der Waals surface area contributed by atoms with Crippen LogP contribution in [0.1, 0.15) is 62.0 Å². The van der Waals surface area contributed by atoms with Crippen molar-refractivity contribution in [3.8, 4) is 0 Å². The summed E-state index contributed by atoms with van der Waals surface area (Å²) in [4.78, 5) is 16.7. The van der Waals surface area contributed by atoms with E-state index in [2.05, 4.69) is 29.6 Å². The number of hydrogen-bond acceptors (Lipinski definition) is 4. The zero-order valence-corrected chi connectivity index (χ0v) is 13.0. The van der Waals surface area contributed by atoms with E-state index in [9.17, 15) is 4.79 Å². The number of anilines is 1. The molecule has 21 heavy (non-hydrogen) atoms. The number of rotatable bonds is 8. The number of nitrogen functional groups attached to an aromatic ring is 1. The maximum absolute atomic E-state index is 12.3. The van der Waals surface area contributed by atoms with Crippen molar-refractivity contribution in [2.75, 3.05) is 12.0 Å². The first-order valence-electron chi connectivity index (χ1n) is 7.88. The number of nitrogens with one attached hydrogen (secondary N) is 2. The van der Waals surface area contributed by atoms with E-state index in [0.717, 1.165) is 25.1 Å². The van der Waals surface area contributed by atoms with Crippen molar-refractivity contribution < 1.29 is 4.79 Å². The van der Waals surface area contributed by atoms with Crippen LogP contribution in [0.2, 0.25) is 0 Å². The fraction of sp³-hybridized carbons (Fsp3) is 0.625. The average molecular weight is 290 g/mol. The Bertz CT molecular complexity index is 497. The van der Waals surface area contributed by atoms with Crippen LogP contribution in [0.15, 0.2) is 12.1 Å². The van der Waals surface area contributed by atoms with Gasteiger partial charge >= 0.3 is 0 Å². The van der Waals surface area contributed by atoms with Crippen LogP contribution >= 0.6 is 0 Å². The van der Waals surface area contributed by atoms with Crippen molar-refractivity contribution in [3.05, 3.63) is 23.4 Å². The van der Waals surface area contributed by atoms with Crippen molar-refractivity contribution in [2.24, 2.45) is 11.3 Å². The highest BCUT2D eigenvalue weighted by atomic mass is 16.1. The van der Waals surface area contributed by atoms with Crippen LogP contribution in [0.3, 0.4) is 0 Å². The predicted molar refractivity (Wildman–Crippen MR) is 85.0 cm³/mol. The van der Waals surface area contributed by atoms with Crippen LogP contribution in [0, 0.1) is 5.41 Å². The lowest BCUT2D eigenvalue weighted by Gasteiger charge is -2.15. The number of aromatic nitrogens is 1. The van der Waals surface area contributed by atoms with Crippen molar-refractivity contribution in [1.29, 1.82) is 0 Å². The van der Waals surface area contributed by atoms with Gasteiger partial charge in [-0.1, -0.05) is 26.7 Å². The summed E-state index contributed by atoms with van der Waals surface area (Å²) in [6, 6.07) is 3.56. The molecule has 0 aliphatic heterocycles. The second kappa shape index (κ2) is 6.89. The maximum atomic E-state index is 12.3. The molecular formula is C16H26N4O. The molecule has 1 saturated carbocycles. The molecular weight excluding hydrogens is 264 g/mol. The van der Waals surface area contributed by atoms with Gasteiger partial charge < -0.3 is 10.7 Å². The summed E-state index contributed by atoms with van der Waals surface area (Å²) in [6.07, 6.45) is 6.66. The molecule has 1 fully saturated rings. The fourth-order valence-electron chi connectivity index (χ4n) is 2.77. The topological polar surface area (TPSA) is 80.0 Å². The molecule has 0 bridgehead atoms. The van der Waals surface area contributed by atoms with E-state index in [1.807, 2.05) is 6.07 Å². The quantitative estimate of drug-likeness (QED) is 0.508. The van der Waals surface area contributed by atoms with Crippen LogP contribution in [-0.2, 0) is 6.42 Å². The number of carbonyl (C=O) groups is 1. The van der Waals surface area contributed by atoms with E-state index < -0.39 is 0 Å². The van der Waals surface area contributed by atoms with Crippen molar-refractivity contribution in [1.82, 2.24) is 10.3 Å². The Kier molecular flexibility index (Phi) is 5.17. The summed E-state index contributed by atoms with van der Waals surface area (Å²) in [5.41, 5.74) is 4.42. The third kappa shape index (κ3) is 4.17. The largest absolute Gasteiger partial charge is 0.351 e. The summed E-state index contributed by atoms with van der Waals surface area (Å²) < 4.78 is 0. The monoisotopic (exact) mass is 290 g/mol. The molecule has 5 heteroatoms. The molecule has 1 amide bonds. The zero-order valence-electron chi connectivity index (χ0n) is 13.0. The van der Waals surface area contributed by atoms with Crippen LogP contribution in [-0.4, -0.2) is 17.4 Å². The van der Waals surface area contributed by atoms with Gasteiger partial charge in [0, 0.05) is 17.8 Å². The van der Waals surface area contributed by atoms with Crippen LogP contribution in [0.5, 0.6) is 0 Å². The lowest BCUT2D eigenvalue weighted by atomic mass is 10.0. The van der Waals surface area contributed by atoms with E-state index in [1.54, 1.807) is 6.07 Å². The molecule has 0 atom stereocenters. The van der Waals surface area contributed by atoms with E-state index >= 15 is 0 Å². The number of hydrogen-bond donors (Lipinski definition) is 3.